The fourth-order valence-corrected chi connectivity index (χ4v) is 5.79. The molecule has 3 heteroatoms. The van der Waals surface area contributed by atoms with Crippen LogP contribution in [0.15, 0.2) is 30.3 Å². The largest absolute Gasteiger partial charge is 0.369 e. The average molecular weight is 296 g/mol. The van der Waals surface area contributed by atoms with Gasteiger partial charge in [0, 0.05) is 33.0 Å². The first-order valence-corrected chi connectivity index (χ1v) is 8.47. The third kappa shape index (κ3) is 2.09. The summed E-state index contributed by atoms with van der Waals surface area (Å²) in [5.74, 6) is 2.44. The summed E-state index contributed by atoms with van der Waals surface area (Å²) < 4.78 is 6.50. The van der Waals surface area contributed by atoms with Crippen LogP contribution in [0.2, 0.25) is 0 Å². The van der Waals surface area contributed by atoms with E-state index in [1.54, 1.807) is 0 Å². The van der Waals surface area contributed by atoms with Crippen LogP contribution in [-0.4, -0.2) is 37.5 Å². The van der Waals surface area contributed by atoms with Crippen LogP contribution < -0.4 is 0 Å². The molecule has 3 aliphatic rings. The van der Waals surface area contributed by atoms with E-state index in [-0.39, 0.29) is 14.0 Å². The zero-order chi connectivity index (χ0) is 14.7. The third-order valence-corrected chi connectivity index (χ3v) is 6.75. The van der Waals surface area contributed by atoms with Crippen molar-refractivity contribution in [3.8, 4) is 0 Å². The van der Waals surface area contributed by atoms with Gasteiger partial charge in [0.2, 0.25) is 0 Å². The lowest BCUT2D eigenvalue weighted by atomic mass is 9.77. The molecule has 1 aliphatic carbocycles. The van der Waals surface area contributed by atoms with Gasteiger partial charge in [-0.2, -0.15) is 0 Å². The van der Waals surface area contributed by atoms with Crippen LogP contribution in [0.5, 0.6) is 0 Å². The molecular formula is C19H27BNO. The zero-order valence-electron chi connectivity index (χ0n) is 14.1. The Kier molecular flexibility index (Phi) is 3.93. The molecule has 5 atom stereocenters. The predicted octanol–water partition coefficient (Wildman–Crippen LogP) is 3.33. The molecule has 22 heavy (non-hydrogen) atoms. The van der Waals surface area contributed by atoms with Crippen LogP contribution in [0.25, 0.3) is 0 Å². The fraction of sp³-hybridized carbons (Fsp3) is 0.684. The molecule has 1 saturated carbocycles. The van der Waals surface area contributed by atoms with E-state index in [2.05, 4.69) is 56.0 Å². The van der Waals surface area contributed by atoms with Crippen molar-refractivity contribution in [2.24, 2.45) is 17.8 Å². The third-order valence-electron chi connectivity index (χ3n) is 6.75. The summed E-state index contributed by atoms with van der Waals surface area (Å²) in [6.45, 7) is 10.4. The van der Waals surface area contributed by atoms with Crippen LogP contribution in [-0.2, 0) is 11.3 Å². The second-order valence-electron chi connectivity index (χ2n) is 7.91. The fourth-order valence-electron chi connectivity index (χ4n) is 5.79. The maximum Gasteiger partial charge on any atom is 0.0831 e. The maximum absolute atomic E-state index is 6.50. The van der Waals surface area contributed by atoms with Crippen LogP contribution in [0, 0.1) is 17.8 Å². The highest BCUT2D eigenvalue weighted by Gasteiger charge is 2.67. The molecule has 1 aromatic carbocycles. The number of hydrogen-bond acceptors (Lipinski definition) is 2. The molecule has 0 bridgehead atoms. The van der Waals surface area contributed by atoms with Gasteiger partial charge in [-0.25, -0.2) is 0 Å². The lowest BCUT2D eigenvalue weighted by molar-refractivity contribution is -0.0672. The molecule has 2 nitrogen and oxygen atoms in total. The lowest BCUT2D eigenvalue weighted by Gasteiger charge is -2.36. The van der Waals surface area contributed by atoms with Gasteiger partial charge >= 0.3 is 0 Å². The normalized spacial score (nSPS) is 43.1. The van der Waals surface area contributed by atoms with E-state index in [1.165, 1.54) is 24.9 Å². The minimum absolute atomic E-state index is 0. The van der Waals surface area contributed by atoms with E-state index >= 15 is 0 Å². The Morgan fingerprint density at radius 3 is 2.64 bits per heavy atom. The maximum atomic E-state index is 6.50. The van der Waals surface area contributed by atoms with Crippen molar-refractivity contribution in [3.63, 3.8) is 0 Å². The summed E-state index contributed by atoms with van der Waals surface area (Å²) in [7, 11) is 0. The highest BCUT2D eigenvalue weighted by Crippen LogP contribution is 2.61. The Morgan fingerprint density at radius 1 is 1.18 bits per heavy atom. The molecule has 0 aromatic heterocycles. The van der Waals surface area contributed by atoms with Gasteiger partial charge in [0.25, 0.3) is 0 Å². The zero-order valence-corrected chi connectivity index (χ0v) is 14.1. The quantitative estimate of drug-likeness (QED) is 0.793. The lowest BCUT2D eigenvalue weighted by Crippen LogP contribution is -2.43. The monoisotopic (exact) mass is 296 g/mol. The SMILES string of the molecule is C[C@@H]1CN2C[C@@](C)(OCc3ccccc3)[C@H]3CC[C@@H]1[C@]32C.[B]. The molecule has 0 spiro atoms. The second-order valence-corrected chi connectivity index (χ2v) is 7.91. The molecule has 3 radical (unpaired) electrons. The Balaban J connectivity index is 0.00000144. The summed E-state index contributed by atoms with van der Waals surface area (Å²) in [4.78, 5) is 2.74. The van der Waals surface area contributed by atoms with Crippen LogP contribution in [0.4, 0.5) is 0 Å². The molecule has 1 aromatic rings. The minimum Gasteiger partial charge on any atom is -0.369 e. The van der Waals surface area contributed by atoms with Crippen molar-refractivity contribution in [2.45, 2.75) is 51.4 Å². The van der Waals surface area contributed by atoms with Crippen LogP contribution in [0.1, 0.15) is 39.2 Å². The summed E-state index contributed by atoms with van der Waals surface area (Å²) in [5.41, 5.74) is 1.71. The van der Waals surface area contributed by atoms with Gasteiger partial charge in [-0.05, 0) is 44.1 Å². The number of hydrogen-bond donors (Lipinski definition) is 0. The predicted molar refractivity (Wildman–Crippen MR) is 90.7 cm³/mol. The summed E-state index contributed by atoms with van der Waals surface area (Å²) >= 11 is 0. The van der Waals surface area contributed by atoms with Gasteiger partial charge in [0.15, 0.2) is 0 Å². The van der Waals surface area contributed by atoms with Crippen molar-refractivity contribution in [1.29, 1.82) is 0 Å². The number of ether oxygens (including phenoxy) is 1. The van der Waals surface area contributed by atoms with Gasteiger partial charge in [-0.1, -0.05) is 37.3 Å². The van der Waals surface area contributed by atoms with Crippen molar-refractivity contribution >= 4 is 8.41 Å². The molecule has 4 rings (SSSR count). The Bertz CT molecular complexity index is 535. The summed E-state index contributed by atoms with van der Waals surface area (Å²) in [6.07, 6.45) is 2.73. The van der Waals surface area contributed by atoms with Gasteiger partial charge in [0.1, 0.15) is 0 Å². The Hall–Kier alpha value is -0.795. The molecule has 3 fully saturated rings. The molecule has 0 unspecified atom stereocenters. The second kappa shape index (κ2) is 5.38. The standard InChI is InChI=1S/C19H27NO.B/c1-14-11-20-13-18(2,17-10-9-16(14)19(17,20)3)21-12-15-7-5-4-6-8-15;/h4-8,14,16-17H,9-13H2,1-3H3;/t14-,16+,17-,18-,19-;/m1./s1. The van der Waals surface area contributed by atoms with E-state index in [4.69, 9.17) is 4.74 Å². The van der Waals surface area contributed by atoms with Crippen molar-refractivity contribution in [1.82, 2.24) is 4.90 Å². The van der Waals surface area contributed by atoms with Gasteiger partial charge in [-0.3, -0.25) is 4.90 Å². The van der Waals surface area contributed by atoms with E-state index in [9.17, 15) is 0 Å². The molecule has 2 aliphatic heterocycles. The number of benzene rings is 1. The van der Waals surface area contributed by atoms with Crippen molar-refractivity contribution in [3.05, 3.63) is 35.9 Å². The summed E-state index contributed by atoms with van der Waals surface area (Å²) in [5, 5.41) is 0. The van der Waals surface area contributed by atoms with E-state index < -0.39 is 0 Å². The number of rotatable bonds is 3. The smallest absolute Gasteiger partial charge is 0.0831 e. The Labute approximate surface area is 136 Å². The molecular weight excluding hydrogens is 269 g/mol. The van der Waals surface area contributed by atoms with Crippen molar-refractivity contribution in [2.75, 3.05) is 13.1 Å². The van der Waals surface area contributed by atoms with Crippen LogP contribution in [0.3, 0.4) is 0 Å². The average Bonchev–Trinajstić information content (AvgIpc) is 3.02. The molecule has 0 amide bonds. The summed E-state index contributed by atoms with van der Waals surface area (Å²) in [6, 6.07) is 10.6. The topological polar surface area (TPSA) is 12.5 Å². The van der Waals surface area contributed by atoms with E-state index in [0.29, 0.717) is 11.5 Å². The highest BCUT2D eigenvalue weighted by molar-refractivity contribution is 5.75. The molecule has 2 saturated heterocycles. The van der Waals surface area contributed by atoms with Crippen LogP contribution >= 0.6 is 0 Å². The van der Waals surface area contributed by atoms with Gasteiger partial charge < -0.3 is 4.74 Å². The minimum atomic E-state index is 0. The first-order chi connectivity index (χ1) is 10.0. The van der Waals surface area contributed by atoms with E-state index in [0.717, 1.165) is 25.0 Å². The molecule has 2 heterocycles. The van der Waals surface area contributed by atoms with Gasteiger partial charge in [-0.15, -0.1) is 0 Å². The first-order valence-electron chi connectivity index (χ1n) is 8.47. The Morgan fingerprint density at radius 2 is 1.91 bits per heavy atom. The number of nitrogens with zero attached hydrogens (tertiary/aromatic N) is 1. The van der Waals surface area contributed by atoms with E-state index in [1.807, 2.05) is 0 Å². The van der Waals surface area contributed by atoms with Crippen molar-refractivity contribution < 1.29 is 4.74 Å². The molecule has 117 valence electrons. The molecule has 0 N–H and O–H groups in total. The first kappa shape index (κ1) is 16.1. The van der Waals surface area contributed by atoms with Gasteiger partial charge in [0.05, 0.1) is 12.2 Å². The highest BCUT2D eigenvalue weighted by atomic mass is 16.5.